The summed E-state index contributed by atoms with van der Waals surface area (Å²) in [6.45, 7) is 6.03. The summed E-state index contributed by atoms with van der Waals surface area (Å²) >= 11 is 0. The average Bonchev–Trinajstić information content (AvgIpc) is 3.50. The van der Waals surface area contributed by atoms with Crippen molar-refractivity contribution in [2.24, 2.45) is 17.3 Å². The van der Waals surface area contributed by atoms with Gasteiger partial charge in [-0.25, -0.2) is 4.79 Å². The zero-order valence-corrected chi connectivity index (χ0v) is 15.8. The minimum Gasteiger partial charge on any atom is -0.458 e. The molecule has 0 aromatic heterocycles. The van der Waals surface area contributed by atoms with Crippen molar-refractivity contribution in [3.63, 3.8) is 0 Å². The van der Waals surface area contributed by atoms with Crippen LogP contribution in [0.25, 0.3) is 0 Å². The smallest absolute Gasteiger partial charge is 0.334 e. The van der Waals surface area contributed by atoms with Gasteiger partial charge in [0.2, 0.25) is 0 Å². The number of fused-ring (bicyclic) bond motifs is 2. The number of hydrogen-bond donors (Lipinski definition) is 3. The molecule has 2 saturated carbocycles. The summed E-state index contributed by atoms with van der Waals surface area (Å²) in [6, 6.07) is 0. The molecule has 0 unspecified atom stereocenters. The van der Waals surface area contributed by atoms with E-state index < -0.39 is 40.5 Å². The van der Waals surface area contributed by atoms with Gasteiger partial charge in [0.25, 0.3) is 0 Å². The molecule has 6 aliphatic rings. The third-order valence-corrected chi connectivity index (χ3v) is 8.90. The molecule has 148 valence electrons. The second-order valence-electron chi connectivity index (χ2n) is 9.85. The molecule has 2 spiro atoms. The lowest BCUT2D eigenvalue weighted by molar-refractivity contribution is -0.223. The molecule has 6 rings (SSSR count). The third-order valence-electron chi connectivity index (χ3n) is 8.90. The standard InChI is InChI=1S/C20H26O7/c1-8(2)18(24)13(21)14-20(27-14)17(3)5-4-9-10(7-25-15(9)22)11(17)6-12-19(20,26-12)16(18)23/h8,11-14,16,21,23-24H,4-7H2,1-3H3/t11-,12+,13-,14+,16+,17+,18-,19-,20+/m0/s1. The van der Waals surface area contributed by atoms with Gasteiger partial charge in [-0.1, -0.05) is 20.8 Å². The van der Waals surface area contributed by atoms with Crippen LogP contribution >= 0.6 is 0 Å². The fraction of sp³-hybridized carbons (Fsp3) is 0.850. The molecule has 0 amide bonds. The normalized spacial score (nSPS) is 60.1. The lowest BCUT2D eigenvalue weighted by atomic mass is 9.45. The topological polar surface area (TPSA) is 112 Å². The van der Waals surface area contributed by atoms with Crippen molar-refractivity contribution in [1.29, 1.82) is 0 Å². The number of esters is 1. The summed E-state index contributed by atoms with van der Waals surface area (Å²) in [5.41, 5.74) is -2.06. The van der Waals surface area contributed by atoms with Crippen LogP contribution < -0.4 is 0 Å². The van der Waals surface area contributed by atoms with Crippen LogP contribution in [-0.4, -0.2) is 69.1 Å². The number of ether oxygens (including phenoxy) is 3. The minimum atomic E-state index is -1.67. The Kier molecular flexibility index (Phi) is 2.78. The van der Waals surface area contributed by atoms with Gasteiger partial charge in [-0.15, -0.1) is 0 Å². The Bertz CT molecular complexity index is 806. The zero-order valence-electron chi connectivity index (χ0n) is 15.8. The first-order valence-corrected chi connectivity index (χ1v) is 9.99. The molecule has 9 atom stereocenters. The van der Waals surface area contributed by atoms with Crippen molar-refractivity contribution in [3.05, 3.63) is 11.1 Å². The fourth-order valence-corrected chi connectivity index (χ4v) is 7.30. The van der Waals surface area contributed by atoms with Gasteiger partial charge in [-0.2, -0.15) is 0 Å². The number of cyclic esters (lactones) is 1. The summed E-state index contributed by atoms with van der Waals surface area (Å²) in [5.74, 6) is -0.511. The van der Waals surface area contributed by atoms with E-state index >= 15 is 0 Å². The highest BCUT2D eigenvalue weighted by Gasteiger charge is 2.96. The molecule has 3 heterocycles. The SMILES string of the molecule is CC(C)[C@@]1(O)[C@@H](O)[C@@]23O[C@@H]2C[C@H]2C4=C(CC[C@@]2(C)[C@@]32O[C@@H]2[C@@H]1O)C(=O)OC4. The van der Waals surface area contributed by atoms with Crippen LogP contribution in [0.1, 0.15) is 40.0 Å². The van der Waals surface area contributed by atoms with Crippen LogP contribution in [0.4, 0.5) is 0 Å². The van der Waals surface area contributed by atoms with Crippen LogP contribution in [-0.2, 0) is 19.0 Å². The van der Waals surface area contributed by atoms with E-state index in [1.807, 2.05) is 0 Å². The van der Waals surface area contributed by atoms with Gasteiger partial charge in [-0.3, -0.25) is 0 Å². The predicted octanol–water partition coefficient (Wildman–Crippen LogP) is 0.0575. The molecular formula is C20H26O7. The van der Waals surface area contributed by atoms with Crippen molar-refractivity contribution in [1.82, 2.24) is 0 Å². The minimum absolute atomic E-state index is 0.0583. The number of rotatable bonds is 1. The lowest BCUT2D eigenvalue weighted by Gasteiger charge is -2.56. The van der Waals surface area contributed by atoms with E-state index in [4.69, 9.17) is 14.2 Å². The highest BCUT2D eigenvalue weighted by molar-refractivity contribution is 5.92. The quantitative estimate of drug-likeness (QED) is 0.437. The molecule has 0 radical (unpaired) electrons. The largest absolute Gasteiger partial charge is 0.458 e. The number of carbonyl (C=O) groups is 1. The zero-order chi connectivity index (χ0) is 19.1. The molecule has 3 aliphatic heterocycles. The molecule has 27 heavy (non-hydrogen) atoms. The van der Waals surface area contributed by atoms with Crippen molar-refractivity contribution in [2.75, 3.05) is 6.61 Å². The van der Waals surface area contributed by atoms with E-state index in [9.17, 15) is 20.1 Å². The van der Waals surface area contributed by atoms with Crippen LogP contribution in [0.3, 0.4) is 0 Å². The van der Waals surface area contributed by atoms with Gasteiger partial charge in [-0.05, 0) is 36.7 Å². The van der Waals surface area contributed by atoms with E-state index in [0.29, 0.717) is 25.9 Å². The molecule has 0 bridgehead atoms. The van der Waals surface area contributed by atoms with Gasteiger partial charge >= 0.3 is 5.97 Å². The van der Waals surface area contributed by atoms with E-state index in [1.54, 1.807) is 13.8 Å². The Balaban J connectivity index is 1.50. The maximum Gasteiger partial charge on any atom is 0.334 e. The molecule has 0 aromatic rings. The Hall–Kier alpha value is -0.990. The van der Waals surface area contributed by atoms with E-state index in [1.165, 1.54) is 0 Å². The highest BCUT2D eigenvalue weighted by Crippen LogP contribution is 2.79. The first-order chi connectivity index (χ1) is 12.7. The summed E-state index contributed by atoms with van der Waals surface area (Å²) in [5, 5.41) is 33.5. The Labute approximate surface area is 157 Å². The van der Waals surface area contributed by atoms with Gasteiger partial charge in [0.05, 0.1) is 6.10 Å². The van der Waals surface area contributed by atoms with Crippen molar-refractivity contribution in [3.8, 4) is 0 Å². The third kappa shape index (κ3) is 1.44. The average molecular weight is 378 g/mol. The first-order valence-electron chi connectivity index (χ1n) is 9.99. The number of carbonyl (C=O) groups excluding carboxylic acids is 1. The number of aliphatic hydroxyl groups is 3. The summed E-state index contributed by atoms with van der Waals surface area (Å²) in [7, 11) is 0. The number of epoxide rings is 2. The summed E-state index contributed by atoms with van der Waals surface area (Å²) in [4.78, 5) is 12.1. The molecule has 7 nitrogen and oxygen atoms in total. The second kappa shape index (κ2) is 4.44. The molecule has 2 saturated heterocycles. The predicted molar refractivity (Wildman–Crippen MR) is 90.4 cm³/mol. The molecule has 4 fully saturated rings. The fourth-order valence-electron chi connectivity index (χ4n) is 7.30. The Morgan fingerprint density at radius 2 is 1.96 bits per heavy atom. The van der Waals surface area contributed by atoms with Crippen molar-refractivity contribution >= 4 is 5.97 Å². The Morgan fingerprint density at radius 3 is 2.67 bits per heavy atom. The van der Waals surface area contributed by atoms with Gasteiger partial charge in [0, 0.05) is 11.0 Å². The molecule has 7 heteroatoms. The molecule has 3 N–H and O–H groups in total. The van der Waals surface area contributed by atoms with E-state index in [0.717, 1.165) is 11.1 Å². The van der Waals surface area contributed by atoms with Gasteiger partial charge in [0.15, 0.2) is 5.60 Å². The van der Waals surface area contributed by atoms with Gasteiger partial charge in [0.1, 0.15) is 36.1 Å². The highest BCUT2D eigenvalue weighted by atomic mass is 16.7. The second-order valence-corrected chi connectivity index (χ2v) is 9.85. The van der Waals surface area contributed by atoms with Crippen LogP contribution in [0.15, 0.2) is 11.1 Å². The van der Waals surface area contributed by atoms with Crippen LogP contribution in [0.5, 0.6) is 0 Å². The van der Waals surface area contributed by atoms with Crippen molar-refractivity contribution < 1.29 is 34.3 Å². The van der Waals surface area contributed by atoms with E-state index in [-0.39, 0.29) is 23.9 Å². The van der Waals surface area contributed by atoms with Crippen LogP contribution in [0, 0.1) is 17.3 Å². The Morgan fingerprint density at radius 1 is 1.22 bits per heavy atom. The monoisotopic (exact) mass is 378 g/mol. The molecule has 0 aromatic carbocycles. The number of hydrogen-bond acceptors (Lipinski definition) is 7. The van der Waals surface area contributed by atoms with Crippen molar-refractivity contribution in [2.45, 2.75) is 81.3 Å². The molecular weight excluding hydrogens is 352 g/mol. The number of aliphatic hydroxyl groups excluding tert-OH is 2. The maximum atomic E-state index is 12.1. The summed E-state index contributed by atoms with van der Waals surface area (Å²) in [6.07, 6.45) is -1.25. The van der Waals surface area contributed by atoms with Gasteiger partial charge < -0.3 is 29.5 Å². The molecule has 3 aliphatic carbocycles. The lowest BCUT2D eigenvalue weighted by Crippen LogP contribution is -2.76. The first kappa shape index (κ1) is 16.9. The van der Waals surface area contributed by atoms with E-state index in [2.05, 4.69) is 6.92 Å². The summed E-state index contributed by atoms with van der Waals surface area (Å²) < 4.78 is 17.7. The maximum absolute atomic E-state index is 12.1. The van der Waals surface area contributed by atoms with Crippen LogP contribution in [0.2, 0.25) is 0 Å².